The fourth-order valence-electron chi connectivity index (χ4n) is 3.68. The van der Waals surface area contributed by atoms with Crippen molar-refractivity contribution in [2.45, 2.75) is 32.9 Å². The van der Waals surface area contributed by atoms with E-state index in [1.165, 1.54) is 0 Å². The second kappa shape index (κ2) is 9.45. The van der Waals surface area contributed by atoms with E-state index in [1.54, 1.807) is 0 Å². The Morgan fingerprint density at radius 3 is 2.48 bits per heavy atom. The Balaban J connectivity index is 1.70. The maximum absolute atomic E-state index is 12.8. The Hall–Kier alpha value is -3.02. The molecular weight excluding hydrogens is 362 g/mol. The molecule has 0 aromatic heterocycles. The van der Waals surface area contributed by atoms with Gasteiger partial charge in [0.15, 0.2) is 0 Å². The lowest BCUT2D eigenvalue weighted by molar-refractivity contribution is -0.122. The number of hydrogen-bond donors (Lipinski definition) is 2. The summed E-state index contributed by atoms with van der Waals surface area (Å²) in [5.41, 5.74) is 4.23. The van der Waals surface area contributed by atoms with Gasteiger partial charge in [-0.15, -0.1) is 0 Å². The molecule has 2 aromatic carbocycles. The lowest BCUT2D eigenvalue weighted by Crippen LogP contribution is -2.45. The van der Waals surface area contributed by atoms with Crippen LogP contribution >= 0.6 is 0 Å². The molecule has 0 aliphatic carbocycles. The lowest BCUT2D eigenvalue weighted by Gasteiger charge is -2.39. The van der Waals surface area contributed by atoms with Crippen molar-refractivity contribution in [3.63, 3.8) is 0 Å². The van der Waals surface area contributed by atoms with Crippen molar-refractivity contribution < 1.29 is 4.79 Å². The molecule has 1 amide bonds. The Kier molecular flexibility index (Phi) is 6.75. The van der Waals surface area contributed by atoms with Gasteiger partial charge in [0.2, 0.25) is 11.9 Å². The van der Waals surface area contributed by atoms with Crippen LogP contribution in [0.5, 0.6) is 0 Å². The topological polar surface area (TPSA) is 60.0 Å². The van der Waals surface area contributed by atoms with E-state index in [0.717, 1.165) is 41.6 Å². The van der Waals surface area contributed by atoms with E-state index in [1.807, 2.05) is 61.5 Å². The number of guanidine groups is 1. The minimum absolute atomic E-state index is 0.0257. The normalized spacial score (nSPS) is 15.4. The first-order valence-corrected chi connectivity index (χ1v) is 10.2. The Morgan fingerprint density at radius 2 is 1.83 bits per heavy atom. The molecular formula is C23H31N5O. The number of para-hydroxylation sites is 1. The molecule has 3 rings (SSSR count). The summed E-state index contributed by atoms with van der Waals surface area (Å²) in [5.74, 6) is 0.932. The van der Waals surface area contributed by atoms with Gasteiger partial charge in [-0.3, -0.25) is 4.79 Å². The molecule has 29 heavy (non-hydrogen) atoms. The molecule has 6 nitrogen and oxygen atoms in total. The van der Waals surface area contributed by atoms with Gasteiger partial charge >= 0.3 is 0 Å². The van der Waals surface area contributed by atoms with Gasteiger partial charge in [-0.1, -0.05) is 30.3 Å². The van der Waals surface area contributed by atoms with E-state index >= 15 is 0 Å². The highest BCUT2D eigenvalue weighted by Gasteiger charge is 2.31. The molecule has 0 spiro atoms. The van der Waals surface area contributed by atoms with Crippen LogP contribution in [0.4, 0.5) is 11.4 Å². The minimum atomic E-state index is -0.0257. The second-order valence-corrected chi connectivity index (χ2v) is 7.37. The number of carbonyl (C=O) groups is 1. The first kappa shape index (κ1) is 20.7. The number of benzene rings is 2. The number of amides is 1. The van der Waals surface area contributed by atoms with Gasteiger partial charge in [0, 0.05) is 45.0 Å². The van der Waals surface area contributed by atoms with Gasteiger partial charge in [-0.2, -0.15) is 0 Å². The number of fused-ring (bicyclic) bond motifs is 1. The number of aliphatic imine (C=N–C) groups is 1. The SMILES string of the molecule is CCNc1ccc(CNC(=O)CC2c3ccccc3N=C(N(C)C)N2CC)cc1. The number of anilines is 1. The molecule has 0 saturated heterocycles. The number of nitrogens with zero attached hydrogens (tertiary/aromatic N) is 3. The van der Waals surface area contributed by atoms with Gasteiger partial charge < -0.3 is 20.4 Å². The molecule has 1 heterocycles. The molecule has 0 fully saturated rings. The maximum Gasteiger partial charge on any atom is 0.222 e. The minimum Gasteiger partial charge on any atom is -0.385 e. The third-order valence-electron chi connectivity index (χ3n) is 5.09. The highest BCUT2D eigenvalue weighted by atomic mass is 16.1. The summed E-state index contributed by atoms with van der Waals surface area (Å²) in [4.78, 5) is 21.8. The second-order valence-electron chi connectivity index (χ2n) is 7.37. The summed E-state index contributed by atoms with van der Waals surface area (Å²) in [5, 5.41) is 6.36. The van der Waals surface area contributed by atoms with Crippen molar-refractivity contribution in [3.05, 3.63) is 59.7 Å². The first-order valence-electron chi connectivity index (χ1n) is 10.2. The molecule has 154 valence electrons. The van der Waals surface area contributed by atoms with E-state index < -0.39 is 0 Å². The van der Waals surface area contributed by atoms with Gasteiger partial charge in [-0.25, -0.2) is 4.99 Å². The predicted octanol–water partition coefficient (Wildman–Crippen LogP) is 3.75. The van der Waals surface area contributed by atoms with E-state index in [4.69, 9.17) is 4.99 Å². The zero-order chi connectivity index (χ0) is 20.8. The molecule has 2 aromatic rings. The van der Waals surface area contributed by atoms with E-state index in [-0.39, 0.29) is 11.9 Å². The predicted molar refractivity (Wildman–Crippen MR) is 119 cm³/mol. The van der Waals surface area contributed by atoms with Crippen LogP contribution in [0, 0.1) is 0 Å². The number of nitrogens with one attached hydrogen (secondary N) is 2. The monoisotopic (exact) mass is 393 g/mol. The van der Waals surface area contributed by atoms with Crippen molar-refractivity contribution >= 4 is 23.2 Å². The molecule has 0 bridgehead atoms. The van der Waals surface area contributed by atoms with E-state index in [9.17, 15) is 4.79 Å². The first-order chi connectivity index (χ1) is 14.0. The van der Waals surface area contributed by atoms with Gasteiger partial charge in [0.05, 0.1) is 18.2 Å². The molecule has 1 aliphatic heterocycles. The smallest absolute Gasteiger partial charge is 0.222 e. The summed E-state index contributed by atoms with van der Waals surface area (Å²) in [6, 6.07) is 16.2. The maximum atomic E-state index is 12.8. The quantitative estimate of drug-likeness (QED) is 0.752. The van der Waals surface area contributed by atoms with Crippen LogP contribution in [0.25, 0.3) is 0 Å². The molecule has 1 unspecified atom stereocenters. The largest absolute Gasteiger partial charge is 0.385 e. The summed E-state index contributed by atoms with van der Waals surface area (Å²) in [7, 11) is 3.98. The average Bonchev–Trinajstić information content (AvgIpc) is 2.73. The van der Waals surface area contributed by atoms with Crippen LogP contribution in [0.15, 0.2) is 53.5 Å². The van der Waals surface area contributed by atoms with Gasteiger partial charge in [-0.05, 0) is 37.6 Å². The third kappa shape index (κ3) is 4.88. The fraction of sp³-hybridized carbons (Fsp3) is 0.391. The highest BCUT2D eigenvalue weighted by molar-refractivity contribution is 5.87. The standard InChI is InChI=1S/C23H31N5O/c1-5-24-18-13-11-17(12-14-18)16-25-22(29)15-21-19-9-7-8-10-20(19)26-23(27(3)4)28(21)6-2/h7-14,21,24H,5-6,15-16H2,1-4H3,(H,25,29). The van der Waals surface area contributed by atoms with Crippen molar-refractivity contribution in [1.82, 2.24) is 15.1 Å². The zero-order valence-corrected chi connectivity index (χ0v) is 17.8. The molecule has 0 radical (unpaired) electrons. The third-order valence-corrected chi connectivity index (χ3v) is 5.09. The zero-order valence-electron chi connectivity index (χ0n) is 17.8. The Morgan fingerprint density at radius 1 is 1.10 bits per heavy atom. The van der Waals surface area contributed by atoms with E-state index in [2.05, 4.69) is 35.4 Å². The van der Waals surface area contributed by atoms with Crippen LogP contribution in [0.2, 0.25) is 0 Å². The number of rotatable bonds is 7. The molecule has 6 heteroatoms. The number of hydrogen-bond acceptors (Lipinski definition) is 5. The van der Waals surface area contributed by atoms with Crippen molar-refractivity contribution in [2.24, 2.45) is 4.99 Å². The van der Waals surface area contributed by atoms with Crippen molar-refractivity contribution in [1.29, 1.82) is 0 Å². The average molecular weight is 394 g/mol. The molecule has 1 atom stereocenters. The lowest BCUT2D eigenvalue weighted by atomic mass is 9.98. The van der Waals surface area contributed by atoms with Crippen LogP contribution in [0.3, 0.4) is 0 Å². The molecule has 1 aliphatic rings. The van der Waals surface area contributed by atoms with Crippen molar-refractivity contribution in [3.8, 4) is 0 Å². The number of carbonyl (C=O) groups excluding carboxylic acids is 1. The van der Waals surface area contributed by atoms with Crippen molar-refractivity contribution in [2.75, 3.05) is 32.5 Å². The fourth-order valence-corrected chi connectivity index (χ4v) is 3.68. The summed E-state index contributed by atoms with van der Waals surface area (Å²) >= 11 is 0. The van der Waals surface area contributed by atoms with E-state index in [0.29, 0.717) is 13.0 Å². The summed E-state index contributed by atoms with van der Waals surface area (Å²) in [6.45, 7) is 6.38. The summed E-state index contributed by atoms with van der Waals surface area (Å²) < 4.78 is 0. The van der Waals surface area contributed by atoms with Gasteiger partial charge in [0.25, 0.3) is 0 Å². The summed E-state index contributed by atoms with van der Waals surface area (Å²) in [6.07, 6.45) is 0.396. The van der Waals surface area contributed by atoms with Gasteiger partial charge in [0.1, 0.15) is 0 Å². The van der Waals surface area contributed by atoms with Crippen LogP contribution in [-0.2, 0) is 11.3 Å². The van der Waals surface area contributed by atoms with Crippen LogP contribution in [-0.4, -0.2) is 48.9 Å². The molecule has 0 saturated carbocycles. The Bertz CT molecular complexity index is 860. The van der Waals surface area contributed by atoms with Crippen LogP contribution < -0.4 is 10.6 Å². The highest BCUT2D eigenvalue weighted by Crippen LogP contribution is 2.36. The van der Waals surface area contributed by atoms with Crippen LogP contribution in [0.1, 0.15) is 37.4 Å². The Labute approximate surface area is 173 Å². The molecule has 2 N–H and O–H groups in total.